The molecule has 0 bridgehead atoms. The average molecular weight is 368 g/mol. The van der Waals surface area contributed by atoms with Gasteiger partial charge in [0.25, 0.3) is 0 Å². The zero-order valence-electron chi connectivity index (χ0n) is 12.9. The van der Waals surface area contributed by atoms with Crippen LogP contribution >= 0.6 is 10.2 Å². The van der Waals surface area contributed by atoms with Gasteiger partial charge in [-0.25, -0.2) is 4.98 Å². The van der Waals surface area contributed by atoms with Crippen LogP contribution in [-0.2, 0) is 0 Å². The van der Waals surface area contributed by atoms with Crippen molar-refractivity contribution in [2.75, 3.05) is 4.90 Å². The number of benzene rings is 1. The number of rotatable bonds is 5. The molecular weight excluding hydrogens is 351 g/mol. The molecule has 2 rings (SSSR count). The van der Waals surface area contributed by atoms with Crippen LogP contribution in [-0.4, -0.2) is 16.3 Å². The molecule has 0 spiro atoms. The average Bonchev–Trinajstić information content (AvgIpc) is 2.46. The maximum Gasteiger partial charge on any atom is 0.325 e. The summed E-state index contributed by atoms with van der Waals surface area (Å²) in [4.78, 5) is 4.25. The molecule has 1 aromatic carbocycles. The van der Waals surface area contributed by atoms with Gasteiger partial charge in [0.05, 0.1) is 11.9 Å². The van der Waals surface area contributed by atoms with Crippen LogP contribution in [0.25, 0.3) is 0 Å². The molecule has 0 aliphatic rings. The third kappa shape index (κ3) is 4.15. The Bertz CT molecular complexity index is 704. The highest BCUT2D eigenvalue weighted by Gasteiger charge is 2.67. The van der Waals surface area contributed by atoms with Crippen LogP contribution < -0.4 is 4.90 Å². The Kier molecular flexibility index (Phi) is 4.09. The van der Waals surface area contributed by atoms with E-state index in [1.807, 2.05) is 0 Å². The topological polar surface area (TPSA) is 36.4 Å². The zero-order chi connectivity index (χ0) is 18.2. The van der Waals surface area contributed by atoms with Crippen molar-refractivity contribution in [3.8, 4) is 0 Å². The molecule has 0 aliphatic carbocycles. The largest absolute Gasteiger partial charge is 0.373 e. The van der Waals surface area contributed by atoms with E-state index in [9.17, 15) is 24.5 Å². The van der Waals surface area contributed by atoms with Crippen molar-refractivity contribution in [3.05, 3.63) is 48.7 Å². The summed E-state index contributed by atoms with van der Waals surface area (Å²) in [5.41, 5.74) is 0.577. The van der Waals surface area contributed by atoms with Gasteiger partial charge < -0.3 is 10.0 Å². The van der Waals surface area contributed by atoms with Crippen molar-refractivity contribution in [3.63, 3.8) is 0 Å². The van der Waals surface area contributed by atoms with Gasteiger partial charge in [-0.2, -0.15) is 0 Å². The summed E-state index contributed by atoms with van der Waals surface area (Å²) in [6.45, 7) is 3.44. The molecule has 0 fully saturated rings. The molecular formula is C15H17F5N2OS. The van der Waals surface area contributed by atoms with Crippen LogP contribution in [0.1, 0.15) is 13.8 Å². The number of aromatic nitrogens is 1. The van der Waals surface area contributed by atoms with Gasteiger partial charge >= 0.3 is 10.2 Å². The molecule has 0 saturated heterocycles. The van der Waals surface area contributed by atoms with Gasteiger partial charge in [0, 0.05) is 5.69 Å². The van der Waals surface area contributed by atoms with Crippen LogP contribution in [0.4, 0.5) is 30.8 Å². The molecule has 3 nitrogen and oxygen atoms in total. The fourth-order valence-electron chi connectivity index (χ4n) is 2.08. The van der Waals surface area contributed by atoms with Crippen LogP contribution in [0.3, 0.4) is 0 Å². The summed E-state index contributed by atoms with van der Waals surface area (Å²) in [7, 11) is -9.82. The SMILES string of the molecule is CC(C)C(O)N(c1ccccc1)c1ccc(S(F)(F)(F)(F)F)nc1. The van der Waals surface area contributed by atoms with E-state index in [-0.39, 0.29) is 17.7 Å². The highest BCUT2D eigenvalue weighted by molar-refractivity contribution is 8.45. The van der Waals surface area contributed by atoms with E-state index in [1.165, 1.54) is 4.90 Å². The minimum Gasteiger partial charge on any atom is -0.373 e. The van der Waals surface area contributed by atoms with Crippen molar-refractivity contribution in [1.82, 2.24) is 4.98 Å². The van der Waals surface area contributed by atoms with E-state index in [0.717, 1.165) is 6.07 Å². The second-order valence-corrected chi connectivity index (χ2v) is 8.04. The van der Waals surface area contributed by atoms with Crippen LogP contribution in [0.2, 0.25) is 0 Å². The molecule has 1 N–H and O–H groups in total. The Morgan fingerprint density at radius 3 is 1.92 bits per heavy atom. The molecule has 1 unspecified atom stereocenters. The molecule has 0 amide bonds. The Morgan fingerprint density at radius 1 is 0.917 bits per heavy atom. The van der Waals surface area contributed by atoms with E-state index in [4.69, 9.17) is 0 Å². The lowest BCUT2D eigenvalue weighted by Gasteiger charge is -2.39. The lowest BCUT2D eigenvalue weighted by atomic mass is 10.1. The summed E-state index contributed by atoms with van der Waals surface area (Å²) in [5, 5.41) is 8.16. The van der Waals surface area contributed by atoms with Crippen molar-refractivity contribution in [2.45, 2.75) is 25.1 Å². The van der Waals surface area contributed by atoms with Gasteiger partial charge in [0.2, 0.25) is 0 Å². The number of halogens is 5. The first-order valence-electron chi connectivity index (χ1n) is 7.02. The molecule has 1 aromatic heterocycles. The zero-order valence-corrected chi connectivity index (χ0v) is 13.7. The first-order valence-corrected chi connectivity index (χ1v) is 8.97. The Morgan fingerprint density at radius 2 is 1.50 bits per heavy atom. The lowest BCUT2D eigenvalue weighted by molar-refractivity contribution is 0.131. The number of aliphatic hydroxyl groups excluding tert-OH is 1. The maximum absolute atomic E-state index is 12.8. The lowest BCUT2D eigenvalue weighted by Crippen LogP contribution is -2.35. The number of pyridine rings is 1. The highest BCUT2D eigenvalue weighted by atomic mass is 32.5. The van der Waals surface area contributed by atoms with Gasteiger partial charge in [-0.15, -0.1) is 0 Å². The number of nitrogens with zero attached hydrogens (tertiary/aromatic N) is 2. The minimum atomic E-state index is -9.82. The predicted octanol–water partition coefficient (Wildman–Crippen LogP) is 5.85. The van der Waals surface area contributed by atoms with Crippen molar-refractivity contribution >= 4 is 21.6 Å². The third-order valence-corrected chi connectivity index (χ3v) is 4.32. The van der Waals surface area contributed by atoms with Crippen molar-refractivity contribution in [2.24, 2.45) is 5.92 Å². The van der Waals surface area contributed by atoms with E-state index in [0.29, 0.717) is 11.9 Å². The fourth-order valence-corrected chi connectivity index (χ4v) is 2.66. The summed E-state index contributed by atoms with van der Waals surface area (Å²) in [6, 6.07) is 9.50. The normalized spacial score (nSPS) is 16.4. The van der Waals surface area contributed by atoms with Gasteiger partial charge in [0.1, 0.15) is 6.23 Å². The second kappa shape index (κ2) is 5.32. The van der Waals surface area contributed by atoms with E-state index < -0.39 is 21.5 Å². The van der Waals surface area contributed by atoms with E-state index in [1.54, 1.807) is 44.2 Å². The number of anilines is 2. The molecule has 0 radical (unpaired) electrons. The van der Waals surface area contributed by atoms with Gasteiger partial charge in [-0.1, -0.05) is 51.5 Å². The van der Waals surface area contributed by atoms with E-state index in [2.05, 4.69) is 4.98 Å². The third-order valence-electron chi connectivity index (χ3n) is 3.29. The monoisotopic (exact) mass is 368 g/mol. The summed E-state index contributed by atoms with van der Waals surface area (Å²) >= 11 is 0. The Balaban J connectivity index is 2.50. The molecule has 2 aromatic rings. The van der Waals surface area contributed by atoms with Crippen LogP contribution in [0.5, 0.6) is 0 Å². The minimum absolute atomic E-state index is 0.0769. The van der Waals surface area contributed by atoms with E-state index >= 15 is 0 Å². The Hall–Kier alpha value is -1.87. The number of para-hydroxylation sites is 1. The summed E-state index contributed by atoms with van der Waals surface area (Å²) < 4.78 is 63.8. The van der Waals surface area contributed by atoms with Gasteiger partial charge in [0.15, 0.2) is 5.03 Å². The van der Waals surface area contributed by atoms with Crippen molar-refractivity contribution < 1.29 is 24.5 Å². The summed E-state index contributed by atoms with van der Waals surface area (Å²) in [6.07, 6.45) is -0.383. The quantitative estimate of drug-likeness (QED) is 0.531. The molecule has 1 heterocycles. The van der Waals surface area contributed by atoms with Crippen LogP contribution in [0, 0.1) is 5.92 Å². The maximum atomic E-state index is 12.8. The number of hydrogen-bond donors (Lipinski definition) is 1. The molecule has 0 aliphatic heterocycles. The van der Waals surface area contributed by atoms with Crippen molar-refractivity contribution in [1.29, 1.82) is 0 Å². The first kappa shape index (κ1) is 18.5. The predicted molar refractivity (Wildman–Crippen MR) is 85.1 cm³/mol. The second-order valence-electron chi connectivity index (χ2n) is 5.69. The number of hydrogen-bond acceptors (Lipinski definition) is 3. The number of aliphatic hydroxyl groups is 1. The standard InChI is InChI=1S/C15H17F5N2OS/c1-11(2)15(23)22(12-6-4-3-5-7-12)13-8-9-14(21-10-13)24(16,17,18,19)20/h3-11,15,23H,1-2H3. The molecule has 0 saturated carbocycles. The highest BCUT2D eigenvalue weighted by Crippen LogP contribution is 3.01. The van der Waals surface area contributed by atoms with Gasteiger partial charge in [-0.3, -0.25) is 0 Å². The molecule has 134 valence electrons. The smallest absolute Gasteiger partial charge is 0.325 e. The first-order chi connectivity index (χ1) is 10.8. The van der Waals surface area contributed by atoms with Gasteiger partial charge in [-0.05, 0) is 30.2 Å². The fraction of sp³-hybridized carbons (Fsp3) is 0.267. The molecule has 24 heavy (non-hydrogen) atoms. The molecule has 9 heteroatoms. The molecule has 1 atom stereocenters. The Labute approximate surface area is 136 Å². The summed E-state index contributed by atoms with van der Waals surface area (Å²) in [5.74, 6) is -0.263. The van der Waals surface area contributed by atoms with Crippen LogP contribution in [0.15, 0.2) is 53.7 Å².